The Bertz CT molecular complexity index is 13.0. The molecular formula is C6H21N3. The fourth-order valence-corrected chi connectivity index (χ4v) is 0. The zero-order valence-corrected chi connectivity index (χ0v) is 6.85. The van der Waals surface area contributed by atoms with Crippen molar-refractivity contribution in [1.82, 2.24) is 0 Å². The summed E-state index contributed by atoms with van der Waals surface area (Å²) < 4.78 is 0. The summed E-state index contributed by atoms with van der Waals surface area (Å²) in [5, 5.41) is 0. The Hall–Kier alpha value is -0.120. The molecule has 0 saturated heterocycles. The average molecular weight is 135 g/mol. The van der Waals surface area contributed by atoms with E-state index in [0.29, 0.717) is 0 Å². The molecule has 3 nitrogen and oxygen atoms in total. The second-order valence-corrected chi connectivity index (χ2v) is 1.22. The lowest BCUT2D eigenvalue weighted by atomic mass is 10.8. The van der Waals surface area contributed by atoms with Gasteiger partial charge in [-0.3, -0.25) is 0 Å². The van der Waals surface area contributed by atoms with Crippen molar-refractivity contribution in [2.45, 2.75) is 20.8 Å². The predicted octanol–water partition coefficient (Wildman–Crippen LogP) is -0.105. The molecule has 0 saturated carbocycles. The molecule has 0 rings (SSSR count). The molecule has 3 heteroatoms. The number of rotatable bonds is 0. The van der Waals surface area contributed by atoms with Gasteiger partial charge in [0.2, 0.25) is 0 Å². The largest absolute Gasteiger partial charge is 0.331 e. The number of hydrogen-bond acceptors (Lipinski definition) is 3. The molecule has 6 N–H and O–H groups in total. The standard InChI is InChI=1S/3C2H7N/c3*1-2-3/h3*2-3H2,1H3. The Balaban J connectivity index is -0.0000000600. The third-order valence-electron chi connectivity index (χ3n) is 0. The molecule has 0 aliphatic rings. The van der Waals surface area contributed by atoms with Gasteiger partial charge in [0.15, 0.2) is 0 Å². The molecule has 0 fully saturated rings. The van der Waals surface area contributed by atoms with Crippen molar-refractivity contribution in [3.63, 3.8) is 0 Å². The molecule has 0 unspecified atom stereocenters. The van der Waals surface area contributed by atoms with Gasteiger partial charge in [-0.2, -0.15) is 0 Å². The van der Waals surface area contributed by atoms with Crippen molar-refractivity contribution in [3.8, 4) is 0 Å². The van der Waals surface area contributed by atoms with Crippen molar-refractivity contribution in [3.05, 3.63) is 0 Å². The molecule has 0 aliphatic heterocycles. The van der Waals surface area contributed by atoms with Gasteiger partial charge >= 0.3 is 0 Å². The smallest absolute Gasteiger partial charge is 0.0106 e. The van der Waals surface area contributed by atoms with Crippen LogP contribution in [0.4, 0.5) is 0 Å². The van der Waals surface area contributed by atoms with Crippen LogP contribution in [0.3, 0.4) is 0 Å². The van der Waals surface area contributed by atoms with Crippen LogP contribution in [0.5, 0.6) is 0 Å². The zero-order valence-electron chi connectivity index (χ0n) is 6.85. The Morgan fingerprint density at radius 1 is 0.667 bits per heavy atom. The summed E-state index contributed by atoms with van der Waals surface area (Å²) in [6.07, 6.45) is 0. The maximum atomic E-state index is 4.85. The maximum absolute atomic E-state index is 4.85. The van der Waals surface area contributed by atoms with E-state index in [9.17, 15) is 0 Å². The molecule has 0 bridgehead atoms. The molecule has 0 aromatic heterocycles. The third kappa shape index (κ3) is 18900. The van der Waals surface area contributed by atoms with Crippen LogP contribution < -0.4 is 17.2 Å². The summed E-state index contributed by atoms with van der Waals surface area (Å²) in [5.74, 6) is 0. The minimum Gasteiger partial charge on any atom is -0.331 e. The van der Waals surface area contributed by atoms with E-state index in [4.69, 9.17) is 17.2 Å². The van der Waals surface area contributed by atoms with Gasteiger partial charge in [0, 0.05) is 0 Å². The maximum Gasteiger partial charge on any atom is -0.0106 e. The van der Waals surface area contributed by atoms with E-state index in [1.54, 1.807) is 0 Å². The lowest BCUT2D eigenvalue weighted by Gasteiger charge is -1.53. The lowest BCUT2D eigenvalue weighted by Crippen LogP contribution is -1.87. The van der Waals surface area contributed by atoms with Crippen molar-refractivity contribution in [2.24, 2.45) is 17.2 Å². The average Bonchev–Trinajstić information content (AvgIpc) is 1.70. The summed E-state index contributed by atoms with van der Waals surface area (Å²) in [5.41, 5.74) is 14.5. The molecule has 0 aliphatic carbocycles. The second-order valence-electron chi connectivity index (χ2n) is 1.22. The summed E-state index contributed by atoms with van der Waals surface area (Å²) >= 11 is 0. The highest BCUT2D eigenvalue weighted by Crippen LogP contribution is 1.20. The van der Waals surface area contributed by atoms with E-state index in [2.05, 4.69) is 0 Å². The summed E-state index contributed by atoms with van der Waals surface area (Å²) in [7, 11) is 0. The van der Waals surface area contributed by atoms with Crippen molar-refractivity contribution in [2.75, 3.05) is 19.6 Å². The van der Waals surface area contributed by atoms with Gasteiger partial charge in [-0.05, 0) is 19.6 Å². The Kier molecular flexibility index (Phi) is 79.7. The highest BCUT2D eigenvalue weighted by Gasteiger charge is 1.33. The zero-order chi connectivity index (χ0) is 8.12. The first-order valence-corrected chi connectivity index (χ1v) is 3.35. The van der Waals surface area contributed by atoms with Crippen molar-refractivity contribution in [1.29, 1.82) is 0 Å². The summed E-state index contributed by atoms with van der Waals surface area (Å²) in [4.78, 5) is 0. The second kappa shape index (κ2) is 45.0. The van der Waals surface area contributed by atoms with Crippen LogP contribution in [0.15, 0.2) is 0 Å². The van der Waals surface area contributed by atoms with Gasteiger partial charge in [-0.1, -0.05) is 20.8 Å². The first kappa shape index (κ1) is 15.9. The monoisotopic (exact) mass is 135 g/mol. The molecule has 0 atom stereocenters. The van der Waals surface area contributed by atoms with Crippen LogP contribution in [0, 0.1) is 0 Å². The van der Waals surface area contributed by atoms with E-state index in [1.165, 1.54) is 0 Å². The van der Waals surface area contributed by atoms with Crippen LogP contribution in [-0.2, 0) is 0 Å². The highest BCUT2D eigenvalue weighted by molar-refractivity contribution is 4.00. The molecule has 60 valence electrons. The summed E-state index contributed by atoms with van der Waals surface area (Å²) in [6.45, 7) is 7.96. The lowest BCUT2D eigenvalue weighted by molar-refractivity contribution is 1.14. The fourth-order valence-electron chi connectivity index (χ4n) is 0. The van der Waals surface area contributed by atoms with E-state index >= 15 is 0 Å². The Morgan fingerprint density at radius 3 is 0.667 bits per heavy atom. The van der Waals surface area contributed by atoms with Crippen LogP contribution in [0.25, 0.3) is 0 Å². The molecule has 0 spiro atoms. The quantitative estimate of drug-likeness (QED) is 0.434. The third-order valence-corrected chi connectivity index (χ3v) is 0. The normalized spacial score (nSPS) is 6.00. The molecule has 0 aromatic rings. The van der Waals surface area contributed by atoms with E-state index in [-0.39, 0.29) is 0 Å². The van der Waals surface area contributed by atoms with Crippen LogP contribution in [-0.4, -0.2) is 19.6 Å². The van der Waals surface area contributed by atoms with Crippen molar-refractivity contribution < 1.29 is 0 Å². The van der Waals surface area contributed by atoms with Crippen LogP contribution >= 0.6 is 0 Å². The van der Waals surface area contributed by atoms with E-state index in [0.717, 1.165) is 19.6 Å². The minimum atomic E-state index is 0.750. The predicted molar refractivity (Wildman–Crippen MR) is 44.2 cm³/mol. The van der Waals surface area contributed by atoms with Gasteiger partial charge in [-0.25, -0.2) is 0 Å². The van der Waals surface area contributed by atoms with Gasteiger partial charge < -0.3 is 17.2 Å². The SMILES string of the molecule is CCN.CCN.CCN. The molecule has 0 heterocycles. The van der Waals surface area contributed by atoms with Gasteiger partial charge in [0.1, 0.15) is 0 Å². The first-order chi connectivity index (χ1) is 4.24. The molecule has 0 radical (unpaired) electrons. The Morgan fingerprint density at radius 2 is 0.667 bits per heavy atom. The topological polar surface area (TPSA) is 78.1 Å². The summed E-state index contributed by atoms with van der Waals surface area (Å²) in [6, 6.07) is 0. The molecule has 0 aromatic carbocycles. The molecular weight excluding hydrogens is 114 g/mol. The molecule has 9 heavy (non-hydrogen) atoms. The van der Waals surface area contributed by atoms with Gasteiger partial charge in [0.25, 0.3) is 0 Å². The Labute approximate surface area is 58.6 Å². The van der Waals surface area contributed by atoms with E-state index in [1.807, 2.05) is 20.8 Å². The first-order valence-electron chi connectivity index (χ1n) is 3.35. The fraction of sp³-hybridized carbons (Fsp3) is 1.00. The molecule has 0 amide bonds. The van der Waals surface area contributed by atoms with Gasteiger partial charge in [-0.15, -0.1) is 0 Å². The minimum absolute atomic E-state index is 0.750. The number of nitrogens with two attached hydrogens (primary N) is 3. The van der Waals surface area contributed by atoms with Crippen molar-refractivity contribution >= 4 is 0 Å². The number of hydrogen-bond donors (Lipinski definition) is 3. The van der Waals surface area contributed by atoms with Crippen LogP contribution in [0.1, 0.15) is 20.8 Å². The van der Waals surface area contributed by atoms with Crippen LogP contribution in [0.2, 0.25) is 0 Å². The highest BCUT2D eigenvalue weighted by atomic mass is 14.5. The van der Waals surface area contributed by atoms with E-state index < -0.39 is 0 Å². The van der Waals surface area contributed by atoms with Gasteiger partial charge in [0.05, 0.1) is 0 Å².